The van der Waals surface area contributed by atoms with Gasteiger partial charge in [0.2, 0.25) is 8.01 Å². The van der Waals surface area contributed by atoms with E-state index in [0.717, 1.165) is 38.7 Å². The molecule has 0 atom stereocenters. The standard InChI is InChI=1S/C27H20O2P/c1-17-15-19-9-3-7-13-22(19)24-25-23-14-8-4-10-20(23)16-18(2)27(25)29-30(28-26(17)24)21-11-5-6-12-21/h3-16H,1-2H3. The van der Waals surface area contributed by atoms with Crippen molar-refractivity contribution in [3.05, 3.63) is 103 Å². The molecule has 2 nitrogen and oxygen atoms in total. The van der Waals surface area contributed by atoms with Crippen molar-refractivity contribution in [2.45, 2.75) is 13.8 Å². The van der Waals surface area contributed by atoms with Gasteiger partial charge in [-0.15, -0.1) is 0 Å². The average molecular weight is 407 g/mol. The van der Waals surface area contributed by atoms with Gasteiger partial charge in [0.15, 0.2) is 0 Å². The predicted octanol–water partition coefficient (Wildman–Crippen LogP) is 8.42. The summed E-state index contributed by atoms with van der Waals surface area (Å²) in [5.74, 6) is 0. The highest BCUT2D eigenvalue weighted by atomic mass is 31.1. The summed E-state index contributed by atoms with van der Waals surface area (Å²) in [6, 6.07) is 21.5. The van der Waals surface area contributed by atoms with Crippen LogP contribution in [0.25, 0.3) is 43.5 Å². The van der Waals surface area contributed by atoms with Crippen molar-refractivity contribution in [2.24, 2.45) is 0 Å². The van der Waals surface area contributed by atoms with Gasteiger partial charge in [0.25, 0.3) is 0 Å². The molecule has 0 N–H and O–H groups in total. The first-order chi connectivity index (χ1) is 14.7. The lowest BCUT2D eigenvalue weighted by atomic mass is 9.95. The molecule has 5 radical (unpaired) electrons. The van der Waals surface area contributed by atoms with Gasteiger partial charge in [0.05, 0.1) is 5.66 Å². The quantitative estimate of drug-likeness (QED) is 0.279. The van der Waals surface area contributed by atoms with Gasteiger partial charge in [0, 0.05) is 10.8 Å². The minimum Gasteiger partial charge on any atom is -0.418 e. The molecule has 3 heteroatoms. The Bertz CT molecular complexity index is 1370. The van der Waals surface area contributed by atoms with Crippen LogP contribution < -0.4 is 0 Å². The zero-order chi connectivity index (χ0) is 20.2. The van der Waals surface area contributed by atoms with Crippen molar-refractivity contribution >= 4 is 51.5 Å². The first kappa shape index (κ1) is 18.1. The highest BCUT2D eigenvalue weighted by molar-refractivity contribution is 7.41. The van der Waals surface area contributed by atoms with E-state index in [-0.39, 0.29) is 0 Å². The SMILES string of the molecule is Cc1cc2ccccc2c2c1op([C]1[CH][CH][CH][CH]1)oc1c(C)cc3ccccc3c12. The van der Waals surface area contributed by atoms with Gasteiger partial charge in [-0.2, -0.15) is 0 Å². The minimum atomic E-state index is -1.27. The van der Waals surface area contributed by atoms with Crippen LogP contribution in [0.2, 0.25) is 0 Å². The molecule has 145 valence electrons. The van der Waals surface area contributed by atoms with Crippen LogP contribution in [0.5, 0.6) is 0 Å². The molecular formula is C27H20O2P. The van der Waals surface area contributed by atoms with Crippen LogP contribution in [0.3, 0.4) is 0 Å². The largest absolute Gasteiger partial charge is 0.418 e. The van der Waals surface area contributed by atoms with Crippen LogP contribution in [0, 0.1) is 45.2 Å². The summed E-state index contributed by atoms with van der Waals surface area (Å²) in [6.45, 7) is 4.26. The molecule has 1 aliphatic carbocycles. The van der Waals surface area contributed by atoms with Crippen LogP contribution in [0.15, 0.2) is 69.1 Å². The van der Waals surface area contributed by atoms with Crippen LogP contribution in [0.1, 0.15) is 11.1 Å². The fourth-order valence-electron chi connectivity index (χ4n) is 4.44. The van der Waals surface area contributed by atoms with Crippen LogP contribution >= 0.6 is 8.01 Å². The molecule has 1 fully saturated rings. The number of benzene rings is 4. The molecule has 0 spiro atoms. The predicted molar refractivity (Wildman–Crippen MR) is 127 cm³/mol. The third-order valence-corrected chi connectivity index (χ3v) is 7.25. The first-order valence-corrected chi connectivity index (χ1v) is 11.3. The third-order valence-electron chi connectivity index (χ3n) is 5.83. The van der Waals surface area contributed by atoms with Crippen molar-refractivity contribution in [3.8, 4) is 0 Å². The number of hydrogen-bond donors (Lipinski definition) is 0. The van der Waals surface area contributed by atoms with Gasteiger partial charge >= 0.3 is 0 Å². The molecule has 0 aliphatic heterocycles. The van der Waals surface area contributed by atoms with Crippen molar-refractivity contribution in [2.75, 3.05) is 0 Å². The third kappa shape index (κ3) is 2.71. The lowest BCUT2D eigenvalue weighted by Crippen LogP contribution is -1.85. The molecule has 6 rings (SSSR count). The molecular weight excluding hydrogens is 387 g/mol. The first-order valence-electron chi connectivity index (χ1n) is 10.1. The van der Waals surface area contributed by atoms with Gasteiger partial charge in [0.1, 0.15) is 11.2 Å². The van der Waals surface area contributed by atoms with Gasteiger partial charge < -0.3 is 8.39 Å². The van der Waals surface area contributed by atoms with Crippen LogP contribution in [-0.4, -0.2) is 0 Å². The molecule has 30 heavy (non-hydrogen) atoms. The lowest BCUT2D eigenvalue weighted by molar-refractivity contribution is 0.641. The van der Waals surface area contributed by atoms with E-state index in [9.17, 15) is 0 Å². The Morgan fingerprint density at radius 2 is 1.10 bits per heavy atom. The van der Waals surface area contributed by atoms with E-state index >= 15 is 0 Å². The Labute approximate surface area is 177 Å². The fourth-order valence-corrected chi connectivity index (χ4v) is 5.91. The summed E-state index contributed by atoms with van der Waals surface area (Å²) in [7, 11) is -1.27. The van der Waals surface area contributed by atoms with E-state index in [4.69, 9.17) is 8.39 Å². The van der Waals surface area contributed by atoms with Gasteiger partial charge in [-0.3, -0.25) is 0 Å². The zero-order valence-electron chi connectivity index (χ0n) is 16.8. The monoisotopic (exact) mass is 407 g/mol. The van der Waals surface area contributed by atoms with Gasteiger partial charge in [-0.1, -0.05) is 48.5 Å². The molecule has 1 saturated carbocycles. The summed E-state index contributed by atoms with van der Waals surface area (Å²) in [5.41, 5.74) is 5.20. The molecule has 5 aromatic rings. The maximum atomic E-state index is 6.67. The maximum Gasteiger partial charge on any atom is 0.225 e. The van der Waals surface area contributed by atoms with Crippen molar-refractivity contribution < 1.29 is 8.39 Å². The number of rotatable bonds is 1. The normalized spacial score (nSPS) is 15.0. The van der Waals surface area contributed by atoms with Crippen molar-refractivity contribution in [1.82, 2.24) is 0 Å². The Balaban J connectivity index is 1.95. The molecule has 0 bridgehead atoms. The molecule has 0 unspecified atom stereocenters. The van der Waals surface area contributed by atoms with Crippen molar-refractivity contribution in [3.63, 3.8) is 0 Å². The highest BCUT2D eigenvalue weighted by Crippen LogP contribution is 2.51. The molecule has 1 heterocycles. The summed E-state index contributed by atoms with van der Waals surface area (Å²) in [6.07, 6.45) is 8.25. The molecule has 4 aromatic carbocycles. The zero-order valence-corrected chi connectivity index (χ0v) is 17.7. The van der Waals surface area contributed by atoms with Crippen LogP contribution in [-0.2, 0) is 0 Å². The van der Waals surface area contributed by atoms with Crippen molar-refractivity contribution in [1.29, 1.82) is 0 Å². The Morgan fingerprint density at radius 1 is 0.633 bits per heavy atom. The molecule has 0 saturated heterocycles. The topological polar surface area (TPSA) is 26.3 Å². The Hall–Kier alpha value is -2.70. The number of hydrogen-bond acceptors (Lipinski definition) is 2. The van der Waals surface area contributed by atoms with Gasteiger partial charge in [-0.25, -0.2) is 0 Å². The second kappa shape index (κ2) is 6.93. The Morgan fingerprint density at radius 3 is 1.60 bits per heavy atom. The van der Waals surface area contributed by atoms with Crippen LogP contribution in [0.4, 0.5) is 0 Å². The summed E-state index contributed by atoms with van der Waals surface area (Å²) in [5, 5.41) is 7.09. The van der Waals surface area contributed by atoms with E-state index in [0.29, 0.717) is 0 Å². The summed E-state index contributed by atoms with van der Waals surface area (Å²) >= 11 is 0. The fraction of sp³-hybridized carbons (Fsp3) is 0.0741. The maximum absolute atomic E-state index is 6.67. The van der Waals surface area contributed by atoms with E-state index in [1.807, 2.05) is 12.8 Å². The van der Waals surface area contributed by atoms with E-state index in [1.165, 1.54) is 21.5 Å². The minimum absolute atomic E-state index is 0.926. The summed E-state index contributed by atoms with van der Waals surface area (Å²) in [4.78, 5) is 0. The second-order valence-corrected chi connectivity index (χ2v) is 9.22. The van der Waals surface area contributed by atoms with E-state index in [1.54, 1.807) is 0 Å². The molecule has 1 aliphatic rings. The summed E-state index contributed by atoms with van der Waals surface area (Å²) < 4.78 is 13.3. The smallest absolute Gasteiger partial charge is 0.225 e. The van der Waals surface area contributed by atoms with E-state index in [2.05, 4.69) is 87.4 Å². The Kier molecular flexibility index (Phi) is 4.18. The second-order valence-electron chi connectivity index (χ2n) is 7.82. The number of fused-ring (bicyclic) bond motifs is 7. The molecule has 0 amide bonds. The lowest BCUT2D eigenvalue weighted by Gasteiger charge is -2.08. The van der Waals surface area contributed by atoms with E-state index < -0.39 is 8.01 Å². The average Bonchev–Trinajstić information content (AvgIpc) is 3.22. The molecule has 1 aromatic heterocycles. The number of aryl methyl sites for hydroxylation is 2. The van der Waals surface area contributed by atoms with Gasteiger partial charge in [-0.05, 0) is 84.3 Å². The highest BCUT2D eigenvalue weighted by Gasteiger charge is 2.25.